The lowest BCUT2D eigenvalue weighted by atomic mass is 9.69. The van der Waals surface area contributed by atoms with Crippen molar-refractivity contribution in [1.29, 1.82) is 0 Å². The van der Waals surface area contributed by atoms with Crippen molar-refractivity contribution in [2.45, 2.75) is 63.6 Å². The number of hydrogen-bond acceptors (Lipinski definition) is 2. The van der Waals surface area contributed by atoms with Crippen molar-refractivity contribution in [3.05, 3.63) is 0 Å². The van der Waals surface area contributed by atoms with Gasteiger partial charge in [-0.3, -0.25) is 4.79 Å². The molecule has 1 spiro atoms. The second-order valence-corrected chi connectivity index (χ2v) is 7.82. The number of amides is 2. The van der Waals surface area contributed by atoms with Crippen molar-refractivity contribution >= 4 is 12.0 Å². The Morgan fingerprint density at radius 3 is 2.16 bits per heavy atom. The van der Waals surface area contributed by atoms with Gasteiger partial charge >= 0.3 is 18.2 Å². The molecule has 0 radical (unpaired) electrons. The zero-order valence-corrected chi connectivity index (χ0v) is 14.1. The van der Waals surface area contributed by atoms with E-state index >= 15 is 0 Å². The minimum Gasteiger partial charge on any atom is -0.481 e. The van der Waals surface area contributed by atoms with Crippen molar-refractivity contribution in [2.75, 3.05) is 13.1 Å². The number of carbonyl (C=O) groups is 2. The fraction of sp³-hybridized carbons (Fsp3) is 0.882. The Balaban J connectivity index is 1.68. The molecule has 2 amide bonds. The number of aliphatic carboxylic acids is 1. The summed E-state index contributed by atoms with van der Waals surface area (Å²) in [5.41, 5.74) is 0.0866. The number of likely N-dealkylation sites (tertiary alicyclic amines) is 1. The normalized spacial score (nSPS) is 32.1. The SMILES string of the molecule is O=C(O)[C@@H]1CN(C(=O)NC2CCCCC23CCCC3)C[C@H]1C(F)(F)F. The summed E-state index contributed by atoms with van der Waals surface area (Å²) in [7, 11) is 0. The minimum absolute atomic E-state index is 0.00975. The lowest BCUT2D eigenvalue weighted by Gasteiger charge is -2.42. The molecule has 0 aromatic heterocycles. The number of carbonyl (C=O) groups excluding carboxylic acids is 1. The molecule has 3 fully saturated rings. The molecular weight excluding hydrogens is 337 g/mol. The van der Waals surface area contributed by atoms with Gasteiger partial charge in [-0.25, -0.2) is 4.79 Å². The number of carboxylic acid groups (broad SMARTS) is 1. The van der Waals surface area contributed by atoms with E-state index in [0.29, 0.717) is 0 Å². The second-order valence-electron chi connectivity index (χ2n) is 7.82. The summed E-state index contributed by atoms with van der Waals surface area (Å²) in [6, 6.07) is -0.555. The number of rotatable bonds is 2. The molecule has 8 heteroatoms. The molecule has 0 aromatic carbocycles. The van der Waals surface area contributed by atoms with Crippen molar-refractivity contribution in [3.63, 3.8) is 0 Å². The van der Waals surface area contributed by atoms with Gasteiger partial charge in [0.05, 0.1) is 11.8 Å². The lowest BCUT2D eigenvalue weighted by molar-refractivity contribution is -0.187. The average molecular weight is 362 g/mol. The third kappa shape index (κ3) is 3.58. The van der Waals surface area contributed by atoms with Crippen LogP contribution < -0.4 is 5.32 Å². The zero-order valence-electron chi connectivity index (χ0n) is 14.1. The van der Waals surface area contributed by atoms with Gasteiger partial charge in [-0.05, 0) is 31.1 Å². The Morgan fingerprint density at radius 1 is 1.04 bits per heavy atom. The van der Waals surface area contributed by atoms with E-state index in [1.807, 2.05) is 0 Å². The topological polar surface area (TPSA) is 69.6 Å². The average Bonchev–Trinajstić information content (AvgIpc) is 3.17. The number of hydrogen-bond donors (Lipinski definition) is 2. The van der Waals surface area contributed by atoms with E-state index in [4.69, 9.17) is 5.11 Å². The van der Waals surface area contributed by atoms with Gasteiger partial charge in [0, 0.05) is 19.1 Å². The maximum Gasteiger partial charge on any atom is 0.394 e. The minimum atomic E-state index is -4.62. The van der Waals surface area contributed by atoms with Gasteiger partial charge in [0.2, 0.25) is 0 Å². The van der Waals surface area contributed by atoms with Crippen LogP contribution in [0.4, 0.5) is 18.0 Å². The van der Waals surface area contributed by atoms with E-state index in [-0.39, 0.29) is 18.0 Å². The Kier molecular flexibility index (Phi) is 4.90. The van der Waals surface area contributed by atoms with E-state index in [2.05, 4.69) is 5.32 Å². The van der Waals surface area contributed by atoms with E-state index < -0.39 is 36.6 Å². The fourth-order valence-electron chi connectivity index (χ4n) is 5.00. The first-order chi connectivity index (χ1) is 11.7. The quantitative estimate of drug-likeness (QED) is 0.791. The molecule has 0 aromatic rings. The van der Waals surface area contributed by atoms with E-state index in [0.717, 1.165) is 56.3 Å². The number of nitrogens with zero attached hydrogens (tertiary/aromatic N) is 1. The number of halogens is 3. The summed E-state index contributed by atoms with van der Waals surface area (Å²) in [5.74, 6) is -5.08. The highest BCUT2D eigenvalue weighted by molar-refractivity contribution is 5.78. The first kappa shape index (κ1) is 18.3. The first-order valence-electron chi connectivity index (χ1n) is 9.08. The van der Waals surface area contributed by atoms with Crippen LogP contribution in [-0.4, -0.2) is 47.3 Å². The third-order valence-electron chi connectivity index (χ3n) is 6.40. The maximum absolute atomic E-state index is 13.1. The van der Waals surface area contributed by atoms with Gasteiger partial charge in [0.25, 0.3) is 0 Å². The van der Waals surface area contributed by atoms with Crippen molar-refractivity contribution in [3.8, 4) is 0 Å². The van der Waals surface area contributed by atoms with Crippen LogP contribution >= 0.6 is 0 Å². The first-order valence-corrected chi connectivity index (χ1v) is 9.08. The van der Waals surface area contributed by atoms with Gasteiger partial charge in [-0.2, -0.15) is 13.2 Å². The Labute approximate surface area is 144 Å². The highest BCUT2D eigenvalue weighted by atomic mass is 19.4. The van der Waals surface area contributed by atoms with Gasteiger partial charge in [0.15, 0.2) is 0 Å². The molecule has 1 heterocycles. The highest BCUT2D eigenvalue weighted by Crippen LogP contribution is 2.49. The number of nitrogens with one attached hydrogen (secondary N) is 1. The summed E-state index contributed by atoms with van der Waals surface area (Å²) >= 11 is 0. The molecule has 25 heavy (non-hydrogen) atoms. The van der Waals surface area contributed by atoms with Crippen LogP contribution in [0.25, 0.3) is 0 Å². The monoisotopic (exact) mass is 362 g/mol. The zero-order chi connectivity index (χ0) is 18.2. The Morgan fingerprint density at radius 2 is 1.64 bits per heavy atom. The van der Waals surface area contributed by atoms with Crippen LogP contribution in [0.2, 0.25) is 0 Å². The summed E-state index contributed by atoms with van der Waals surface area (Å²) in [6.45, 7) is -0.961. The number of carboxylic acids is 1. The van der Waals surface area contributed by atoms with Crippen molar-refractivity contribution < 1.29 is 27.9 Å². The van der Waals surface area contributed by atoms with Gasteiger partial charge in [-0.15, -0.1) is 0 Å². The molecule has 1 saturated heterocycles. The molecule has 2 N–H and O–H groups in total. The molecule has 3 rings (SSSR count). The molecule has 5 nitrogen and oxygen atoms in total. The van der Waals surface area contributed by atoms with Crippen molar-refractivity contribution in [1.82, 2.24) is 10.2 Å². The Bertz CT molecular complexity index is 532. The molecular formula is C17H25F3N2O3. The largest absolute Gasteiger partial charge is 0.481 e. The van der Waals surface area contributed by atoms with Gasteiger partial charge in [0.1, 0.15) is 0 Å². The maximum atomic E-state index is 13.1. The van der Waals surface area contributed by atoms with Crippen LogP contribution in [0.1, 0.15) is 51.4 Å². The van der Waals surface area contributed by atoms with Crippen molar-refractivity contribution in [2.24, 2.45) is 17.3 Å². The van der Waals surface area contributed by atoms with Crippen LogP contribution in [0.15, 0.2) is 0 Å². The molecule has 3 aliphatic rings. The van der Waals surface area contributed by atoms with Crippen LogP contribution in [0.3, 0.4) is 0 Å². The summed E-state index contributed by atoms with van der Waals surface area (Å²) in [5, 5.41) is 12.0. The molecule has 1 aliphatic heterocycles. The third-order valence-corrected chi connectivity index (χ3v) is 6.40. The smallest absolute Gasteiger partial charge is 0.394 e. The predicted octanol–water partition coefficient (Wildman–Crippen LogP) is 3.39. The van der Waals surface area contributed by atoms with Crippen LogP contribution in [0.5, 0.6) is 0 Å². The van der Waals surface area contributed by atoms with Gasteiger partial charge < -0.3 is 15.3 Å². The lowest BCUT2D eigenvalue weighted by Crippen LogP contribution is -2.52. The molecule has 2 aliphatic carbocycles. The van der Waals surface area contributed by atoms with E-state index in [9.17, 15) is 22.8 Å². The highest BCUT2D eigenvalue weighted by Gasteiger charge is 2.54. The van der Waals surface area contributed by atoms with Crippen LogP contribution in [-0.2, 0) is 4.79 Å². The van der Waals surface area contributed by atoms with E-state index in [1.54, 1.807) is 0 Å². The fourth-order valence-corrected chi connectivity index (χ4v) is 5.00. The molecule has 0 bridgehead atoms. The Hall–Kier alpha value is -1.47. The van der Waals surface area contributed by atoms with Crippen LogP contribution in [0, 0.1) is 17.3 Å². The molecule has 142 valence electrons. The number of alkyl halides is 3. The summed E-state index contributed by atoms with van der Waals surface area (Å²) in [6.07, 6.45) is 3.81. The molecule has 1 unspecified atom stereocenters. The number of urea groups is 1. The molecule has 2 saturated carbocycles. The predicted molar refractivity (Wildman–Crippen MR) is 83.9 cm³/mol. The second kappa shape index (κ2) is 6.68. The summed E-state index contributed by atoms with van der Waals surface area (Å²) in [4.78, 5) is 24.7. The standard InChI is InChI=1S/C17H25F3N2O3/c18-17(19,20)12-10-22(9-11(12)14(23)24)15(25)21-13-5-1-2-6-16(13)7-3-4-8-16/h11-13H,1-10H2,(H,21,25)(H,23,24)/t11-,12-,13?/m1/s1. The molecule has 3 atom stereocenters. The summed E-state index contributed by atoms with van der Waals surface area (Å²) < 4.78 is 39.3. The van der Waals surface area contributed by atoms with E-state index in [1.165, 1.54) is 0 Å². The van der Waals surface area contributed by atoms with Gasteiger partial charge in [-0.1, -0.05) is 25.7 Å².